The van der Waals surface area contributed by atoms with E-state index in [0.29, 0.717) is 13.2 Å². The van der Waals surface area contributed by atoms with Gasteiger partial charge < -0.3 is 28.4 Å². The van der Waals surface area contributed by atoms with Crippen molar-refractivity contribution in [2.24, 2.45) is 14.1 Å². The molecule has 2 aromatic heterocycles. The van der Waals surface area contributed by atoms with Gasteiger partial charge in [0.15, 0.2) is 0 Å². The summed E-state index contributed by atoms with van der Waals surface area (Å²) < 4.78 is 16.2. The number of ether oxygens (including phenoxy) is 2. The lowest BCUT2D eigenvalue weighted by Gasteiger charge is -2.10. The van der Waals surface area contributed by atoms with Crippen molar-refractivity contribution >= 4 is 22.1 Å². The van der Waals surface area contributed by atoms with E-state index < -0.39 is 0 Å². The smallest absolute Gasteiger partial charge is 0.140 e. The Balaban J connectivity index is 1.32. The van der Waals surface area contributed by atoms with Gasteiger partial charge in [-0.2, -0.15) is 0 Å². The molecule has 0 spiro atoms. The molecule has 0 radical (unpaired) electrons. The van der Waals surface area contributed by atoms with Gasteiger partial charge in [-0.25, -0.2) is 9.97 Å². The zero-order valence-corrected chi connectivity index (χ0v) is 24.5. The molecule has 8 nitrogen and oxygen atoms in total. The fourth-order valence-electron chi connectivity index (χ4n) is 4.95. The van der Waals surface area contributed by atoms with E-state index in [2.05, 4.69) is 97.6 Å². The second-order valence-corrected chi connectivity index (χ2v) is 10.9. The Bertz CT molecular complexity index is 1460. The third-order valence-corrected chi connectivity index (χ3v) is 7.14. The summed E-state index contributed by atoms with van der Waals surface area (Å²) in [5.74, 6) is 3.60. The van der Waals surface area contributed by atoms with E-state index in [0.717, 1.165) is 82.3 Å². The number of benzene rings is 3. The van der Waals surface area contributed by atoms with Gasteiger partial charge in [0.1, 0.15) is 23.1 Å². The monoisotopic (exact) mass is 540 g/mol. The van der Waals surface area contributed by atoms with E-state index in [1.165, 1.54) is 0 Å². The molecule has 5 rings (SSSR count). The first-order valence-electron chi connectivity index (χ1n) is 13.9. The third-order valence-electron chi connectivity index (χ3n) is 7.14. The predicted octanol–water partition coefficient (Wildman–Crippen LogP) is 5.46. The van der Waals surface area contributed by atoms with Crippen molar-refractivity contribution in [3.8, 4) is 34.3 Å². The molecule has 5 aromatic rings. The van der Waals surface area contributed by atoms with Gasteiger partial charge in [-0.1, -0.05) is 24.3 Å². The van der Waals surface area contributed by atoms with Crippen LogP contribution in [0.5, 0.6) is 11.5 Å². The Morgan fingerprint density at radius 3 is 1.38 bits per heavy atom. The summed E-state index contributed by atoms with van der Waals surface area (Å²) in [4.78, 5) is 14.2. The van der Waals surface area contributed by atoms with Gasteiger partial charge in [-0.3, -0.25) is 0 Å². The van der Waals surface area contributed by atoms with E-state index in [4.69, 9.17) is 19.4 Å². The summed E-state index contributed by atoms with van der Waals surface area (Å²) in [5.41, 5.74) is 6.14. The van der Waals surface area contributed by atoms with Crippen LogP contribution >= 0.6 is 0 Å². The van der Waals surface area contributed by atoms with Crippen LogP contribution in [0.3, 0.4) is 0 Å². The molecule has 0 aliphatic rings. The van der Waals surface area contributed by atoms with Gasteiger partial charge in [0.25, 0.3) is 0 Å². The maximum Gasteiger partial charge on any atom is 0.140 e. The molecule has 0 aliphatic carbocycles. The molecule has 0 bridgehead atoms. The molecule has 8 heteroatoms. The normalized spacial score (nSPS) is 11.8. The van der Waals surface area contributed by atoms with E-state index in [1.807, 2.05) is 24.3 Å². The van der Waals surface area contributed by atoms with Gasteiger partial charge in [0.05, 0.1) is 35.3 Å². The largest absolute Gasteiger partial charge is 0.493 e. The summed E-state index contributed by atoms with van der Waals surface area (Å²) in [6.07, 6.45) is 1.98. The fraction of sp³-hybridized carbons (Fsp3) is 0.375. The highest BCUT2D eigenvalue weighted by molar-refractivity contribution is 5.84. The van der Waals surface area contributed by atoms with Crippen molar-refractivity contribution in [3.05, 3.63) is 60.7 Å². The minimum absolute atomic E-state index is 0.698. The van der Waals surface area contributed by atoms with Crippen molar-refractivity contribution in [3.63, 3.8) is 0 Å². The number of aryl methyl sites for hydroxylation is 2. The molecule has 0 N–H and O–H groups in total. The van der Waals surface area contributed by atoms with Gasteiger partial charge >= 0.3 is 0 Å². The van der Waals surface area contributed by atoms with E-state index in [1.54, 1.807) is 0 Å². The van der Waals surface area contributed by atoms with E-state index in [-0.39, 0.29) is 0 Å². The maximum atomic E-state index is 5.99. The lowest BCUT2D eigenvalue weighted by Crippen LogP contribution is -2.15. The Morgan fingerprint density at radius 1 is 0.600 bits per heavy atom. The highest BCUT2D eigenvalue weighted by Gasteiger charge is 2.14. The molecule has 210 valence electrons. The highest BCUT2D eigenvalue weighted by Crippen LogP contribution is 2.30. The molecule has 0 fully saturated rings. The van der Waals surface area contributed by atoms with Crippen LogP contribution < -0.4 is 9.47 Å². The minimum Gasteiger partial charge on any atom is -0.493 e. The number of hydrogen-bond donors (Lipinski definition) is 0. The van der Waals surface area contributed by atoms with Crippen molar-refractivity contribution in [1.29, 1.82) is 0 Å². The molecule has 2 heterocycles. The Labute approximate surface area is 236 Å². The zero-order valence-electron chi connectivity index (χ0n) is 24.5. The lowest BCUT2D eigenvalue weighted by molar-refractivity contribution is 0.282. The first-order valence-corrected chi connectivity index (χ1v) is 13.9. The summed E-state index contributed by atoms with van der Waals surface area (Å²) in [6, 6.07) is 20.7. The molecule has 0 saturated heterocycles. The van der Waals surface area contributed by atoms with E-state index in [9.17, 15) is 0 Å². The van der Waals surface area contributed by atoms with Gasteiger partial charge in [0, 0.05) is 50.4 Å². The van der Waals surface area contributed by atoms with Crippen molar-refractivity contribution in [2.75, 3.05) is 54.5 Å². The van der Waals surface area contributed by atoms with Crippen LogP contribution in [0.2, 0.25) is 0 Å². The molecular weight excluding hydrogens is 500 g/mol. The molecule has 0 atom stereocenters. The van der Waals surface area contributed by atoms with Crippen LogP contribution in [-0.4, -0.2) is 83.4 Å². The molecule has 0 aliphatic heterocycles. The molecule has 0 saturated carbocycles. The fourth-order valence-corrected chi connectivity index (χ4v) is 4.95. The molecule has 3 aromatic carbocycles. The van der Waals surface area contributed by atoms with Crippen LogP contribution in [0.1, 0.15) is 12.8 Å². The third kappa shape index (κ3) is 6.13. The van der Waals surface area contributed by atoms with Gasteiger partial charge in [0.2, 0.25) is 0 Å². The quantitative estimate of drug-likeness (QED) is 0.196. The van der Waals surface area contributed by atoms with Crippen molar-refractivity contribution in [1.82, 2.24) is 28.9 Å². The van der Waals surface area contributed by atoms with Crippen LogP contribution in [-0.2, 0) is 14.1 Å². The number of rotatable bonds is 12. The number of nitrogens with zero attached hydrogens (tertiary/aromatic N) is 6. The number of imidazole rings is 2. The Hall–Kier alpha value is -3.88. The van der Waals surface area contributed by atoms with Crippen molar-refractivity contribution < 1.29 is 9.47 Å². The second-order valence-electron chi connectivity index (χ2n) is 10.9. The Kier molecular flexibility index (Phi) is 8.38. The van der Waals surface area contributed by atoms with Gasteiger partial charge in [-0.05, 0) is 65.3 Å². The number of fused-ring (bicyclic) bond motifs is 2. The molecule has 0 unspecified atom stereocenters. The number of hydrogen-bond acceptors (Lipinski definition) is 6. The van der Waals surface area contributed by atoms with Crippen LogP contribution in [0.25, 0.3) is 44.8 Å². The maximum absolute atomic E-state index is 5.99. The van der Waals surface area contributed by atoms with E-state index >= 15 is 0 Å². The van der Waals surface area contributed by atoms with Gasteiger partial charge in [-0.15, -0.1) is 0 Å². The van der Waals surface area contributed by atoms with Crippen LogP contribution in [0.4, 0.5) is 0 Å². The molecule has 0 amide bonds. The van der Waals surface area contributed by atoms with Crippen molar-refractivity contribution in [2.45, 2.75) is 12.8 Å². The predicted molar refractivity (Wildman–Crippen MR) is 163 cm³/mol. The minimum atomic E-state index is 0.698. The summed E-state index contributed by atoms with van der Waals surface area (Å²) >= 11 is 0. The lowest BCUT2D eigenvalue weighted by atomic mass is 10.1. The standard InChI is InChI=1S/C32H40N6O2/c1-35(2)17-7-19-39-25-13-15-27-29(21-25)37(5)31(33-27)23-9-11-24(12-10-23)32-34-28-16-14-26(22-30(28)38(32)6)40-20-8-18-36(3)4/h9-16,21-22H,7-8,17-20H2,1-6H3. The zero-order chi connectivity index (χ0) is 28.2. The molecule has 40 heavy (non-hydrogen) atoms. The summed E-state index contributed by atoms with van der Waals surface area (Å²) in [7, 11) is 12.4. The first kappa shape index (κ1) is 27.7. The SMILES string of the molecule is CN(C)CCCOc1ccc2nc(-c3ccc(-c4nc5ccc(OCCCN(C)C)cc5n4C)cc3)n(C)c2c1. The Morgan fingerprint density at radius 2 is 1.00 bits per heavy atom. The summed E-state index contributed by atoms with van der Waals surface area (Å²) in [5, 5.41) is 0. The molecular formula is C32H40N6O2. The van der Waals surface area contributed by atoms with Crippen LogP contribution in [0.15, 0.2) is 60.7 Å². The second kappa shape index (κ2) is 12.1. The average molecular weight is 541 g/mol. The number of aromatic nitrogens is 4. The van der Waals surface area contributed by atoms with Crippen LogP contribution in [0, 0.1) is 0 Å². The first-order chi connectivity index (χ1) is 19.3. The summed E-state index contributed by atoms with van der Waals surface area (Å²) in [6.45, 7) is 3.41. The highest BCUT2D eigenvalue weighted by atomic mass is 16.5. The topological polar surface area (TPSA) is 60.6 Å². The average Bonchev–Trinajstić information content (AvgIpc) is 3.45.